The molecule has 1 aliphatic rings. The van der Waals surface area contributed by atoms with E-state index in [1.54, 1.807) is 13.0 Å². The van der Waals surface area contributed by atoms with Gasteiger partial charge in [0, 0.05) is 24.5 Å². The number of pyridine rings is 1. The van der Waals surface area contributed by atoms with Crippen LogP contribution in [0.15, 0.2) is 24.3 Å². The fourth-order valence-corrected chi connectivity index (χ4v) is 2.54. The van der Waals surface area contributed by atoms with Crippen LogP contribution in [0.3, 0.4) is 0 Å². The number of amides is 1. The van der Waals surface area contributed by atoms with Crippen molar-refractivity contribution in [2.45, 2.75) is 19.8 Å². The van der Waals surface area contributed by atoms with E-state index in [0.29, 0.717) is 16.8 Å². The zero-order valence-corrected chi connectivity index (χ0v) is 10.8. The molecule has 0 N–H and O–H groups in total. The lowest BCUT2D eigenvalue weighted by atomic mass is 10.1. The summed E-state index contributed by atoms with van der Waals surface area (Å²) in [4.78, 5) is 18.6. The van der Waals surface area contributed by atoms with E-state index in [4.69, 9.17) is 0 Å². The van der Waals surface area contributed by atoms with Crippen LogP contribution in [0, 0.1) is 12.7 Å². The minimum atomic E-state index is -0.307. The standard InChI is InChI=1S/C15H15FN2O/c1-10-13(15(19)18-6-2-3-7-18)8-11-4-5-12(16)9-14(11)17-10/h4-5,8-9H,2-3,6-7H2,1H3. The molecule has 2 aromatic rings. The highest BCUT2D eigenvalue weighted by molar-refractivity contribution is 5.98. The summed E-state index contributed by atoms with van der Waals surface area (Å²) in [6.45, 7) is 3.44. The van der Waals surface area contributed by atoms with E-state index in [1.165, 1.54) is 12.1 Å². The lowest BCUT2D eigenvalue weighted by Gasteiger charge is -2.16. The van der Waals surface area contributed by atoms with Crippen molar-refractivity contribution in [1.82, 2.24) is 9.88 Å². The number of rotatable bonds is 1. The molecule has 3 rings (SSSR count). The SMILES string of the molecule is Cc1nc2cc(F)ccc2cc1C(=O)N1CCCC1. The molecular formula is C15H15FN2O. The molecule has 4 heteroatoms. The van der Waals surface area contributed by atoms with Crippen molar-refractivity contribution in [2.75, 3.05) is 13.1 Å². The summed E-state index contributed by atoms with van der Waals surface area (Å²) in [5.41, 5.74) is 1.88. The Hall–Kier alpha value is -1.97. The van der Waals surface area contributed by atoms with Gasteiger partial charge in [-0.1, -0.05) is 0 Å². The van der Waals surface area contributed by atoms with Crippen molar-refractivity contribution in [2.24, 2.45) is 0 Å². The Kier molecular flexibility index (Phi) is 2.93. The number of hydrogen-bond donors (Lipinski definition) is 0. The maximum absolute atomic E-state index is 13.2. The zero-order chi connectivity index (χ0) is 13.4. The van der Waals surface area contributed by atoms with Crippen LogP contribution in [-0.4, -0.2) is 28.9 Å². The summed E-state index contributed by atoms with van der Waals surface area (Å²) in [7, 11) is 0. The first-order valence-electron chi connectivity index (χ1n) is 6.51. The molecule has 3 nitrogen and oxygen atoms in total. The van der Waals surface area contributed by atoms with E-state index < -0.39 is 0 Å². The summed E-state index contributed by atoms with van der Waals surface area (Å²) in [5.74, 6) is -0.272. The smallest absolute Gasteiger partial charge is 0.255 e. The summed E-state index contributed by atoms with van der Waals surface area (Å²) in [6.07, 6.45) is 2.13. The molecule has 0 radical (unpaired) electrons. The highest BCUT2D eigenvalue weighted by Crippen LogP contribution is 2.20. The molecule has 1 aromatic carbocycles. The fraction of sp³-hybridized carbons (Fsp3) is 0.333. The van der Waals surface area contributed by atoms with Gasteiger partial charge in [0.2, 0.25) is 0 Å². The molecule has 1 saturated heterocycles. The predicted octanol–water partition coefficient (Wildman–Crippen LogP) is 2.92. The number of carbonyl (C=O) groups excluding carboxylic acids is 1. The molecule has 1 aliphatic heterocycles. The Morgan fingerprint density at radius 2 is 2.00 bits per heavy atom. The van der Waals surface area contributed by atoms with Gasteiger partial charge >= 0.3 is 0 Å². The lowest BCUT2D eigenvalue weighted by Crippen LogP contribution is -2.28. The van der Waals surface area contributed by atoms with E-state index in [9.17, 15) is 9.18 Å². The fourth-order valence-electron chi connectivity index (χ4n) is 2.54. The second kappa shape index (κ2) is 4.61. The normalized spacial score (nSPS) is 15.2. The number of hydrogen-bond acceptors (Lipinski definition) is 2. The highest BCUT2D eigenvalue weighted by atomic mass is 19.1. The van der Waals surface area contributed by atoms with E-state index in [1.807, 2.05) is 11.0 Å². The second-order valence-corrected chi connectivity index (χ2v) is 4.96. The van der Waals surface area contributed by atoms with Gasteiger partial charge in [-0.2, -0.15) is 0 Å². The third kappa shape index (κ3) is 2.18. The van der Waals surface area contributed by atoms with Crippen molar-refractivity contribution in [3.05, 3.63) is 41.3 Å². The van der Waals surface area contributed by atoms with Crippen LogP contribution in [0.1, 0.15) is 28.9 Å². The Bertz CT molecular complexity index is 648. The number of fused-ring (bicyclic) bond motifs is 1. The minimum absolute atomic E-state index is 0.0359. The zero-order valence-electron chi connectivity index (χ0n) is 10.8. The van der Waals surface area contributed by atoms with Crippen molar-refractivity contribution in [3.63, 3.8) is 0 Å². The van der Waals surface area contributed by atoms with Crippen molar-refractivity contribution in [3.8, 4) is 0 Å². The number of aryl methyl sites for hydroxylation is 1. The molecule has 0 saturated carbocycles. The first-order chi connectivity index (χ1) is 9.15. The quantitative estimate of drug-likeness (QED) is 0.788. The third-order valence-corrected chi connectivity index (χ3v) is 3.59. The molecule has 0 bridgehead atoms. The number of nitrogens with zero attached hydrogens (tertiary/aromatic N) is 2. The molecular weight excluding hydrogens is 243 g/mol. The van der Waals surface area contributed by atoms with Gasteiger partial charge in [0.05, 0.1) is 16.8 Å². The maximum Gasteiger partial charge on any atom is 0.255 e. The maximum atomic E-state index is 13.2. The number of carbonyl (C=O) groups is 1. The average Bonchev–Trinajstić information content (AvgIpc) is 2.91. The van der Waals surface area contributed by atoms with Crippen molar-refractivity contribution >= 4 is 16.8 Å². The molecule has 0 spiro atoms. The molecule has 0 atom stereocenters. The molecule has 1 fully saturated rings. The Balaban J connectivity index is 2.06. The number of likely N-dealkylation sites (tertiary alicyclic amines) is 1. The van der Waals surface area contributed by atoms with Crippen LogP contribution in [0.5, 0.6) is 0 Å². The van der Waals surface area contributed by atoms with Gasteiger partial charge < -0.3 is 4.90 Å². The molecule has 98 valence electrons. The van der Waals surface area contributed by atoms with E-state index in [0.717, 1.165) is 31.3 Å². The second-order valence-electron chi connectivity index (χ2n) is 4.96. The monoisotopic (exact) mass is 258 g/mol. The summed E-state index contributed by atoms with van der Waals surface area (Å²) in [5, 5.41) is 0.801. The largest absolute Gasteiger partial charge is 0.339 e. The van der Waals surface area contributed by atoms with Crippen molar-refractivity contribution < 1.29 is 9.18 Å². The predicted molar refractivity (Wildman–Crippen MR) is 71.6 cm³/mol. The van der Waals surface area contributed by atoms with Gasteiger partial charge in [0.1, 0.15) is 5.82 Å². The van der Waals surface area contributed by atoms with E-state index >= 15 is 0 Å². The summed E-state index contributed by atoms with van der Waals surface area (Å²) < 4.78 is 13.2. The Morgan fingerprint density at radius 1 is 1.26 bits per heavy atom. The van der Waals surface area contributed by atoms with Crippen LogP contribution >= 0.6 is 0 Å². The van der Waals surface area contributed by atoms with Crippen LogP contribution in [0.2, 0.25) is 0 Å². The van der Waals surface area contributed by atoms with Gasteiger partial charge in [-0.25, -0.2) is 4.39 Å². The van der Waals surface area contributed by atoms with Crippen LogP contribution in [0.4, 0.5) is 4.39 Å². The highest BCUT2D eigenvalue weighted by Gasteiger charge is 2.21. The first-order valence-corrected chi connectivity index (χ1v) is 6.51. The van der Waals surface area contributed by atoms with E-state index in [2.05, 4.69) is 4.98 Å². The van der Waals surface area contributed by atoms with Crippen LogP contribution in [0.25, 0.3) is 10.9 Å². The minimum Gasteiger partial charge on any atom is -0.339 e. The molecule has 0 aliphatic carbocycles. The third-order valence-electron chi connectivity index (χ3n) is 3.59. The Labute approximate surface area is 111 Å². The van der Waals surface area contributed by atoms with Crippen LogP contribution < -0.4 is 0 Å². The van der Waals surface area contributed by atoms with Gasteiger partial charge in [-0.3, -0.25) is 9.78 Å². The molecule has 0 unspecified atom stereocenters. The van der Waals surface area contributed by atoms with Crippen LogP contribution in [-0.2, 0) is 0 Å². The first kappa shape index (κ1) is 12.1. The topological polar surface area (TPSA) is 33.2 Å². The average molecular weight is 258 g/mol. The molecule has 2 heterocycles. The Morgan fingerprint density at radius 3 is 2.74 bits per heavy atom. The van der Waals surface area contributed by atoms with Gasteiger partial charge in [-0.05, 0) is 38.0 Å². The molecule has 1 aromatic heterocycles. The molecule has 19 heavy (non-hydrogen) atoms. The summed E-state index contributed by atoms with van der Waals surface area (Å²) in [6, 6.07) is 6.27. The van der Waals surface area contributed by atoms with Gasteiger partial charge in [0.25, 0.3) is 5.91 Å². The van der Waals surface area contributed by atoms with Gasteiger partial charge in [0.15, 0.2) is 0 Å². The van der Waals surface area contributed by atoms with Crippen molar-refractivity contribution in [1.29, 1.82) is 0 Å². The van der Waals surface area contributed by atoms with E-state index in [-0.39, 0.29) is 11.7 Å². The van der Waals surface area contributed by atoms with Gasteiger partial charge in [-0.15, -0.1) is 0 Å². The number of halogens is 1. The summed E-state index contributed by atoms with van der Waals surface area (Å²) >= 11 is 0. The number of aromatic nitrogens is 1. The molecule has 1 amide bonds. The number of benzene rings is 1. The lowest BCUT2D eigenvalue weighted by molar-refractivity contribution is 0.0792.